The molecule has 1 N–H and O–H groups in total. The molecule has 0 unspecified atom stereocenters. The molecule has 106 valence electrons. The van der Waals surface area contributed by atoms with Gasteiger partial charge in [0.05, 0.1) is 10.2 Å². The van der Waals surface area contributed by atoms with Crippen molar-refractivity contribution in [1.29, 1.82) is 0 Å². The van der Waals surface area contributed by atoms with Crippen LogP contribution in [0.4, 0.5) is 5.13 Å². The molecule has 0 atom stereocenters. The number of rotatable bonds is 2. The van der Waals surface area contributed by atoms with Crippen LogP contribution in [0.2, 0.25) is 0 Å². The van der Waals surface area contributed by atoms with E-state index < -0.39 is 0 Å². The van der Waals surface area contributed by atoms with Crippen LogP contribution in [0.5, 0.6) is 11.5 Å². The third kappa shape index (κ3) is 2.00. The zero-order valence-corrected chi connectivity index (χ0v) is 11.8. The van der Waals surface area contributed by atoms with Crippen molar-refractivity contribution in [3.63, 3.8) is 0 Å². The first-order valence-corrected chi connectivity index (χ1v) is 7.02. The topological polar surface area (TPSA) is 78.3 Å². The van der Waals surface area contributed by atoms with Crippen molar-refractivity contribution in [2.24, 2.45) is 7.05 Å². The summed E-state index contributed by atoms with van der Waals surface area (Å²) >= 11 is 1.39. The van der Waals surface area contributed by atoms with Crippen molar-refractivity contribution in [3.8, 4) is 11.5 Å². The summed E-state index contributed by atoms with van der Waals surface area (Å²) in [5.41, 5.74) is 1.24. The van der Waals surface area contributed by atoms with Crippen LogP contribution in [0.15, 0.2) is 24.4 Å². The first kappa shape index (κ1) is 12.2. The number of aryl methyl sites for hydroxylation is 1. The number of anilines is 1. The Morgan fingerprint density at radius 3 is 2.95 bits per heavy atom. The molecule has 0 radical (unpaired) electrons. The lowest BCUT2D eigenvalue weighted by molar-refractivity contribution is 0.101. The smallest absolute Gasteiger partial charge is 0.275 e. The number of hydrogen-bond donors (Lipinski definition) is 1. The molecule has 1 aromatic carbocycles. The number of benzene rings is 1. The molecule has 21 heavy (non-hydrogen) atoms. The molecule has 7 nitrogen and oxygen atoms in total. The van der Waals surface area contributed by atoms with Gasteiger partial charge < -0.3 is 9.47 Å². The Bertz CT molecular complexity index is 813. The number of nitrogens with zero attached hydrogens (tertiary/aromatic N) is 3. The quantitative estimate of drug-likeness (QED) is 0.783. The summed E-state index contributed by atoms with van der Waals surface area (Å²) in [5, 5.41) is 7.27. The summed E-state index contributed by atoms with van der Waals surface area (Å²) in [4.78, 5) is 16.5. The normalized spacial score (nSPS) is 12.8. The summed E-state index contributed by atoms with van der Waals surface area (Å²) in [6, 6.07) is 5.34. The van der Waals surface area contributed by atoms with Crippen molar-refractivity contribution in [3.05, 3.63) is 30.1 Å². The second-order valence-electron chi connectivity index (χ2n) is 4.49. The third-order valence-corrected chi connectivity index (χ3v) is 4.09. The van der Waals surface area contributed by atoms with Crippen molar-refractivity contribution < 1.29 is 14.3 Å². The maximum absolute atomic E-state index is 12.1. The minimum Gasteiger partial charge on any atom is -0.454 e. The Kier molecular flexibility index (Phi) is 2.58. The van der Waals surface area contributed by atoms with Gasteiger partial charge in [-0.25, -0.2) is 4.98 Å². The van der Waals surface area contributed by atoms with Crippen molar-refractivity contribution >= 4 is 32.6 Å². The minimum atomic E-state index is -0.242. The van der Waals surface area contributed by atoms with Crippen molar-refractivity contribution in [2.75, 3.05) is 12.1 Å². The fourth-order valence-electron chi connectivity index (χ4n) is 2.13. The maximum Gasteiger partial charge on any atom is 0.275 e. The summed E-state index contributed by atoms with van der Waals surface area (Å²) in [6.45, 7) is 0.233. The van der Waals surface area contributed by atoms with Gasteiger partial charge in [-0.1, -0.05) is 11.3 Å². The number of nitrogens with one attached hydrogen (secondary N) is 1. The highest BCUT2D eigenvalue weighted by molar-refractivity contribution is 7.22. The SMILES string of the molecule is Cn1nccc1C(=O)Nc1nc2cc3c(cc2s1)OCO3. The number of amides is 1. The van der Waals surface area contributed by atoms with E-state index in [1.54, 1.807) is 19.3 Å². The summed E-state index contributed by atoms with van der Waals surface area (Å²) in [5.74, 6) is 1.14. The van der Waals surface area contributed by atoms with Crippen LogP contribution >= 0.6 is 11.3 Å². The molecule has 0 fully saturated rings. The number of carbonyl (C=O) groups is 1. The Labute approximate surface area is 123 Å². The van der Waals surface area contributed by atoms with Crippen LogP contribution in [-0.2, 0) is 7.05 Å². The molecule has 0 saturated heterocycles. The monoisotopic (exact) mass is 302 g/mol. The average molecular weight is 302 g/mol. The van der Waals surface area contributed by atoms with E-state index in [0.29, 0.717) is 22.3 Å². The number of ether oxygens (including phenoxy) is 2. The van der Waals surface area contributed by atoms with E-state index in [1.165, 1.54) is 16.0 Å². The molecule has 0 bridgehead atoms. The lowest BCUT2D eigenvalue weighted by atomic mass is 10.3. The Morgan fingerprint density at radius 2 is 2.19 bits per heavy atom. The molecule has 3 aromatic rings. The molecule has 2 aromatic heterocycles. The second kappa shape index (κ2) is 4.45. The van der Waals surface area contributed by atoms with E-state index in [0.717, 1.165) is 10.2 Å². The lowest BCUT2D eigenvalue weighted by Crippen LogP contribution is -2.15. The van der Waals surface area contributed by atoms with Gasteiger partial charge in [0.15, 0.2) is 16.6 Å². The molecule has 8 heteroatoms. The predicted molar refractivity (Wildman–Crippen MR) is 76.9 cm³/mol. The van der Waals surface area contributed by atoms with Gasteiger partial charge in [-0.05, 0) is 6.07 Å². The van der Waals surface area contributed by atoms with Gasteiger partial charge in [0, 0.05) is 25.4 Å². The van der Waals surface area contributed by atoms with Crippen LogP contribution in [0.25, 0.3) is 10.2 Å². The van der Waals surface area contributed by atoms with Gasteiger partial charge in [0.25, 0.3) is 5.91 Å². The number of thiazole rings is 1. The molecule has 0 aliphatic carbocycles. The number of aromatic nitrogens is 3. The Balaban J connectivity index is 1.65. The largest absolute Gasteiger partial charge is 0.454 e. The van der Waals surface area contributed by atoms with Gasteiger partial charge in [-0.15, -0.1) is 0 Å². The standard InChI is InChI=1S/C13H10N4O3S/c1-17-8(2-3-14-17)12(18)16-13-15-7-4-9-10(20-6-19-9)5-11(7)21-13/h2-5H,6H2,1H3,(H,15,16,18). The molecule has 3 heterocycles. The van der Waals surface area contributed by atoms with Crippen molar-refractivity contribution in [2.45, 2.75) is 0 Å². The van der Waals surface area contributed by atoms with E-state index in [4.69, 9.17) is 9.47 Å². The molecular formula is C13H10N4O3S. The van der Waals surface area contributed by atoms with E-state index in [9.17, 15) is 4.79 Å². The fraction of sp³-hybridized carbons (Fsp3) is 0.154. The van der Waals surface area contributed by atoms with Crippen LogP contribution in [0.1, 0.15) is 10.5 Å². The molecule has 4 rings (SSSR count). The van der Waals surface area contributed by atoms with E-state index in [-0.39, 0.29) is 12.7 Å². The van der Waals surface area contributed by atoms with Gasteiger partial charge in [0.1, 0.15) is 5.69 Å². The Morgan fingerprint density at radius 1 is 1.38 bits per heavy atom. The van der Waals surface area contributed by atoms with E-state index in [1.807, 2.05) is 12.1 Å². The highest BCUT2D eigenvalue weighted by atomic mass is 32.1. The number of carbonyl (C=O) groups excluding carboxylic acids is 1. The third-order valence-electron chi connectivity index (χ3n) is 3.16. The molecule has 1 amide bonds. The predicted octanol–water partition coefficient (Wildman–Crippen LogP) is 2.01. The number of hydrogen-bond acceptors (Lipinski definition) is 6. The summed E-state index contributed by atoms with van der Waals surface area (Å²) in [6.07, 6.45) is 1.58. The molecule has 1 aliphatic rings. The second-order valence-corrected chi connectivity index (χ2v) is 5.52. The minimum absolute atomic E-state index is 0.233. The zero-order chi connectivity index (χ0) is 14.4. The molecular weight excluding hydrogens is 292 g/mol. The average Bonchev–Trinajstić information content (AvgIpc) is 3.13. The molecule has 0 saturated carbocycles. The van der Waals surface area contributed by atoms with E-state index >= 15 is 0 Å². The van der Waals surface area contributed by atoms with E-state index in [2.05, 4.69) is 15.4 Å². The Hall–Kier alpha value is -2.61. The maximum atomic E-state index is 12.1. The highest BCUT2D eigenvalue weighted by Crippen LogP contribution is 2.38. The van der Waals surface area contributed by atoms with Crippen LogP contribution < -0.4 is 14.8 Å². The van der Waals surface area contributed by atoms with Crippen molar-refractivity contribution in [1.82, 2.24) is 14.8 Å². The first-order chi connectivity index (χ1) is 10.2. The summed E-state index contributed by atoms with van der Waals surface area (Å²) < 4.78 is 13.1. The zero-order valence-electron chi connectivity index (χ0n) is 11.0. The van der Waals surface area contributed by atoms with Gasteiger partial charge in [0.2, 0.25) is 6.79 Å². The van der Waals surface area contributed by atoms with Crippen LogP contribution in [-0.4, -0.2) is 27.5 Å². The first-order valence-electron chi connectivity index (χ1n) is 6.20. The van der Waals surface area contributed by atoms with Crippen LogP contribution in [0, 0.1) is 0 Å². The number of fused-ring (bicyclic) bond motifs is 2. The lowest BCUT2D eigenvalue weighted by Gasteiger charge is -2.00. The van der Waals surface area contributed by atoms with Gasteiger partial charge >= 0.3 is 0 Å². The van der Waals surface area contributed by atoms with Crippen LogP contribution in [0.3, 0.4) is 0 Å². The van der Waals surface area contributed by atoms with Gasteiger partial charge in [-0.3, -0.25) is 14.8 Å². The fourth-order valence-corrected chi connectivity index (χ4v) is 3.00. The molecule has 0 spiro atoms. The highest BCUT2D eigenvalue weighted by Gasteiger charge is 2.18. The van der Waals surface area contributed by atoms with Gasteiger partial charge in [-0.2, -0.15) is 5.10 Å². The molecule has 1 aliphatic heterocycles. The summed E-state index contributed by atoms with van der Waals surface area (Å²) in [7, 11) is 1.71.